The molecule has 6 heteroatoms. The maximum Gasteiger partial charge on any atom is 0.144 e. The van der Waals surface area contributed by atoms with E-state index in [0.717, 1.165) is 22.7 Å². The van der Waals surface area contributed by atoms with Gasteiger partial charge in [0.15, 0.2) is 0 Å². The Kier molecular flexibility index (Phi) is 3.95. The third-order valence-corrected chi connectivity index (χ3v) is 4.85. The minimum absolute atomic E-state index is 0.0544. The number of hydrogen-bond acceptors (Lipinski definition) is 5. The summed E-state index contributed by atoms with van der Waals surface area (Å²) in [6.45, 7) is 7.68. The topological polar surface area (TPSA) is 88.1 Å². The lowest BCUT2D eigenvalue weighted by atomic mass is 9.80. The molecule has 0 aromatic carbocycles. The summed E-state index contributed by atoms with van der Waals surface area (Å²) in [7, 11) is 0. The Hall–Kier alpha value is -2.21. The van der Waals surface area contributed by atoms with Crippen LogP contribution in [0, 0.1) is 6.92 Å². The minimum Gasteiger partial charge on any atom is -0.490 e. The number of fused-ring (bicyclic) bond motifs is 1. The van der Waals surface area contributed by atoms with Crippen molar-refractivity contribution >= 4 is 5.78 Å². The fraction of sp³-hybridized carbons (Fsp3) is 0.500. The van der Waals surface area contributed by atoms with Crippen LogP contribution in [-0.2, 0) is 15.8 Å². The number of aromatic amines is 1. The highest BCUT2D eigenvalue weighted by Gasteiger charge is 2.42. The number of nitrogens with zero attached hydrogens (tertiary/aromatic N) is 2. The zero-order valence-corrected chi connectivity index (χ0v) is 14.5. The fourth-order valence-electron chi connectivity index (χ4n) is 3.16. The van der Waals surface area contributed by atoms with Gasteiger partial charge >= 0.3 is 0 Å². The number of aryl methyl sites for hydroxylation is 1. The lowest BCUT2D eigenvalue weighted by Crippen LogP contribution is -2.28. The van der Waals surface area contributed by atoms with Crippen molar-refractivity contribution in [3.05, 3.63) is 41.0 Å². The first kappa shape index (κ1) is 16.6. The van der Waals surface area contributed by atoms with Gasteiger partial charge in [0.2, 0.25) is 0 Å². The van der Waals surface area contributed by atoms with Crippen LogP contribution in [0.3, 0.4) is 0 Å². The third-order valence-electron chi connectivity index (χ3n) is 4.85. The fourth-order valence-corrected chi connectivity index (χ4v) is 3.16. The summed E-state index contributed by atoms with van der Waals surface area (Å²) in [5, 5.41) is 17.9. The van der Waals surface area contributed by atoms with Crippen LogP contribution in [-0.4, -0.2) is 32.7 Å². The molecule has 2 atom stereocenters. The van der Waals surface area contributed by atoms with Crippen LogP contribution in [0.4, 0.5) is 0 Å². The zero-order chi connectivity index (χ0) is 17.5. The number of carbonyl (C=O) groups is 1. The average molecular weight is 329 g/mol. The number of ether oxygens (including phenoxy) is 1. The van der Waals surface area contributed by atoms with Gasteiger partial charge in [-0.3, -0.25) is 10.1 Å². The quantitative estimate of drug-likeness (QED) is 0.879. The molecule has 2 N–H and O–H groups in total. The van der Waals surface area contributed by atoms with Gasteiger partial charge in [-0.05, 0) is 46.2 Å². The van der Waals surface area contributed by atoms with Gasteiger partial charge in [0.25, 0.3) is 0 Å². The second-order valence-electron chi connectivity index (χ2n) is 7.04. The maximum atomic E-state index is 11.3. The molecule has 1 aliphatic heterocycles. The molecule has 3 rings (SSSR count). The lowest BCUT2D eigenvalue weighted by molar-refractivity contribution is -0.118. The van der Waals surface area contributed by atoms with E-state index in [2.05, 4.69) is 22.1 Å². The van der Waals surface area contributed by atoms with Crippen molar-refractivity contribution in [2.45, 2.75) is 51.6 Å². The zero-order valence-electron chi connectivity index (χ0n) is 14.5. The first-order valence-electron chi connectivity index (χ1n) is 8.11. The lowest BCUT2D eigenvalue weighted by Gasteiger charge is -2.26. The van der Waals surface area contributed by atoms with Gasteiger partial charge in [-0.2, -0.15) is 5.10 Å². The van der Waals surface area contributed by atoms with E-state index in [1.165, 1.54) is 6.92 Å². The Bertz CT molecular complexity index is 768. The number of rotatable bonds is 5. The van der Waals surface area contributed by atoms with Crippen LogP contribution < -0.4 is 4.74 Å². The van der Waals surface area contributed by atoms with Gasteiger partial charge < -0.3 is 14.6 Å². The van der Waals surface area contributed by atoms with Gasteiger partial charge in [0.1, 0.15) is 23.7 Å². The Labute approximate surface area is 141 Å². The van der Waals surface area contributed by atoms with Crippen LogP contribution in [0.15, 0.2) is 18.3 Å². The molecule has 2 aromatic heterocycles. The predicted molar refractivity (Wildman–Crippen MR) is 89.0 cm³/mol. The number of nitrogens with one attached hydrogen (secondary N) is 1. The van der Waals surface area contributed by atoms with Crippen LogP contribution in [0.1, 0.15) is 56.3 Å². The molecule has 0 saturated heterocycles. The molecule has 0 amide bonds. The number of ketones is 1. The first-order chi connectivity index (χ1) is 11.2. The van der Waals surface area contributed by atoms with Crippen molar-refractivity contribution in [3.63, 3.8) is 0 Å². The summed E-state index contributed by atoms with van der Waals surface area (Å²) >= 11 is 0. The molecule has 1 aliphatic rings. The number of carbonyl (C=O) groups excluding carboxylic acids is 1. The Morgan fingerprint density at radius 2 is 2.29 bits per heavy atom. The maximum absolute atomic E-state index is 11.3. The van der Waals surface area contributed by atoms with Gasteiger partial charge in [0, 0.05) is 23.9 Å². The molecule has 2 aromatic rings. The van der Waals surface area contributed by atoms with Crippen LogP contribution in [0.25, 0.3) is 0 Å². The highest BCUT2D eigenvalue weighted by Crippen LogP contribution is 2.45. The summed E-state index contributed by atoms with van der Waals surface area (Å²) in [6, 6.07) is 3.83. The molecule has 24 heavy (non-hydrogen) atoms. The van der Waals surface area contributed by atoms with Crippen LogP contribution >= 0.6 is 0 Å². The van der Waals surface area contributed by atoms with Crippen molar-refractivity contribution < 1.29 is 14.6 Å². The molecule has 0 aliphatic carbocycles. The number of Topliss-reactive ketones (excluding diaryl/α,β-unsaturated/α-hetero) is 1. The van der Waals surface area contributed by atoms with E-state index >= 15 is 0 Å². The monoisotopic (exact) mass is 329 g/mol. The average Bonchev–Trinajstić information content (AvgIpc) is 3.15. The molecule has 3 heterocycles. The Balaban J connectivity index is 2.05. The largest absolute Gasteiger partial charge is 0.490 e. The summed E-state index contributed by atoms with van der Waals surface area (Å²) in [6.07, 6.45) is 2.38. The van der Waals surface area contributed by atoms with E-state index in [-0.39, 0.29) is 11.2 Å². The van der Waals surface area contributed by atoms with E-state index in [1.54, 1.807) is 13.1 Å². The number of aliphatic hydroxyl groups is 1. The van der Waals surface area contributed by atoms with Crippen molar-refractivity contribution in [2.75, 3.05) is 6.61 Å². The minimum atomic E-state index is -1.16. The van der Waals surface area contributed by atoms with Crippen LogP contribution in [0.5, 0.6) is 5.75 Å². The molecule has 0 saturated carbocycles. The molecule has 0 spiro atoms. The summed E-state index contributed by atoms with van der Waals surface area (Å²) in [5.74, 6) is 0.817. The van der Waals surface area contributed by atoms with Crippen molar-refractivity contribution in [2.24, 2.45) is 0 Å². The van der Waals surface area contributed by atoms with Gasteiger partial charge in [0.05, 0.1) is 16.8 Å². The highest BCUT2D eigenvalue weighted by atomic mass is 16.5. The Morgan fingerprint density at radius 1 is 1.54 bits per heavy atom. The summed E-state index contributed by atoms with van der Waals surface area (Å²) in [5.41, 5.74) is 1.72. The second kappa shape index (κ2) is 5.70. The van der Waals surface area contributed by atoms with Crippen molar-refractivity contribution in [3.8, 4) is 5.75 Å². The smallest absolute Gasteiger partial charge is 0.144 e. The molecule has 0 fully saturated rings. The predicted octanol–water partition coefficient (Wildman–Crippen LogP) is 2.39. The van der Waals surface area contributed by atoms with E-state index in [1.807, 2.05) is 19.1 Å². The SMILES string of the molecule is CC(=O)CCC(C)(O)c1cc2c(c(C)n1)OC[C@]2(C)c1ccn[nH]1. The van der Waals surface area contributed by atoms with E-state index in [4.69, 9.17) is 4.74 Å². The normalized spacial score (nSPS) is 21.9. The molecule has 1 unspecified atom stereocenters. The van der Waals surface area contributed by atoms with Crippen molar-refractivity contribution in [1.29, 1.82) is 0 Å². The Morgan fingerprint density at radius 3 is 2.92 bits per heavy atom. The number of H-pyrrole nitrogens is 1. The number of pyridine rings is 1. The standard InChI is InChI=1S/C18H23N3O3/c1-11(22)5-7-18(4,23)15-9-13-16(12(2)20-15)24-10-17(13,3)14-6-8-19-21-14/h6,8-9,23H,5,7,10H2,1-4H3,(H,19,21)/t17-,18?/m0/s1. The molecule has 6 nitrogen and oxygen atoms in total. The molecule has 0 radical (unpaired) electrons. The molecular weight excluding hydrogens is 306 g/mol. The summed E-state index contributed by atoms with van der Waals surface area (Å²) in [4.78, 5) is 15.8. The number of aromatic nitrogens is 3. The van der Waals surface area contributed by atoms with E-state index in [9.17, 15) is 9.90 Å². The summed E-state index contributed by atoms with van der Waals surface area (Å²) < 4.78 is 5.89. The van der Waals surface area contributed by atoms with E-state index in [0.29, 0.717) is 25.1 Å². The van der Waals surface area contributed by atoms with Gasteiger partial charge in [-0.25, -0.2) is 0 Å². The highest BCUT2D eigenvalue weighted by molar-refractivity contribution is 5.75. The van der Waals surface area contributed by atoms with Gasteiger partial charge in [-0.1, -0.05) is 0 Å². The molecular formula is C18H23N3O3. The van der Waals surface area contributed by atoms with Crippen molar-refractivity contribution in [1.82, 2.24) is 15.2 Å². The van der Waals surface area contributed by atoms with Gasteiger partial charge in [-0.15, -0.1) is 0 Å². The number of hydrogen-bond donors (Lipinski definition) is 2. The van der Waals surface area contributed by atoms with Crippen LogP contribution in [0.2, 0.25) is 0 Å². The third kappa shape index (κ3) is 2.71. The first-order valence-corrected chi connectivity index (χ1v) is 8.11. The second-order valence-corrected chi connectivity index (χ2v) is 7.04. The molecule has 0 bridgehead atoms. The van der Waals surface area contributed by atoms with E-state index < -0.39 is 5.60 Å². The molecule has 128 valence electrons.